The highest BCUT2D eigenvalue weighted by Crippen LogP contribution is 2.29. The van der Waals surface area contributed by atoms with E-state index in [0.717, 1.165) is 25.9 Å². The molecule has 2 aromatic heterocycles. The SMILES string of the molecule is CCOC(=O)c1c(C)n(C)c2ccc(OCC(=O)N/N=C\c3cc(Br)cs3)cc12. The molecule has 0 aliphatic carbocycles. The Bertz CT molecular complexity index is 1090. The summed E-state index contributed by atoms with van der Waals surface area (Å²) in [5.41, 5.74) is 4.62. The third-order valence-corrected chi connectivity index (χ3v) is 5.91. The monoisotopic (exact) mass is 477 g/mol. The summed E-state index contributed by atoms with van der Waals surface area (Å²) in [6.07, 6.45) is 1.57. The maximum atomic E-state index is 12.3. The summed E-state index contributed by atoms with van der Waals surface area (Å²) in [5, 5.41) is 6.56. The quantitative estimate of drug-likeness (QED) is 0.316. The zero-order valence-corrected chi connectivity index (χ0v) is 18.6. The number of nitrogens with one attached hydrogen (secondary N) is 1. The molecule has 0 unspecified atom stereocenters. The van der Waals surface area contributed by atoms with E-state index in [1.807, 2.05) is 36.1 Å². The van der Waals surface area contributed by atoms with E-state index >= 15 is 0 Å². The van der Waals surface area contributed by atoms with Crippen molar-refractivity contribution in [2.45, 2.75) is 13.8 Å². The van der Waals surface area contributed by atoms with Gasteiger partial charge in [0.25, 0.3) is 5.91 Å². The van der Waals surface area contributed by atoms with Crippen molar-refractivity contribution in [1.82, 2.24) is 9.99 Å². The Balaban J connectivity index is 1.68. The number of thiophene rings is 1. The Hall–Kier alpha value is -2.65. The molecule has 0 spiro atoms. The minimum absolute atomic E-state index is 0.197. The zero-order chi connectivity index (χ0) is 21.0. The molecular formula is C20H20BrN3O4S. The fourth-order valence-electron chi connectivity index (χ4n) is 2.85. The molecule has 1 amide bonds. The average molecular weight is 478 g/mol. The summed E-state index contributed by atoms with van der Waals surface area (Å²) in [7, 11) is 1.89. The number of hydrogen-bond acceptors (Lipinski definition) is 6. The molecule has 0 bridgehead atoms. The first-order chi connectivity index (χ1) is 13.9. The van der Waals surface area contributed by atoms with Crippen LogP contribution in [0.3, 0.4) is 0 Å². The van der Waals surface area contributed by atoms with Crippen molar-refractivity contribution in [3.05, 3.63) is 50.3 Å². The fraction of sp³-hybridized carbons (Fsp3) is 0.250. The second kappa shape index (κ2) is 9.23. The lowest BCUT2D eigenvalue weighted by Crippen LogP contribution is -2.24. The van der Waals surface area contributed by atoms with Gasteiger partial charge in [0, 0.05) is 38.4 Å². The molecule has 152 valence electrons. The highest BCUT2D eigenvalue weighted by atomic mass is 79.9. The summed E-state index contributed by atoms with van der Waals surface area (Å²) in [5.74, 6) is -0.276. The van der Waals surface area contributed by atoms with Gasteiger partial charge in [-0.1, -0.05) is 0 Å². The molecule has 0 aliphatic rings. The number of aromatic nitrogens is 1. The predicted molar refractivity (Wildman–Crippen MR) is 117 cm³/mol. The van der Waals surface area contributed by atoms with Crippen LogP contribution in [0.2, 0.25) is 0 Å². The molecule has 0 saturated heterocycles. The number of nitrogens with zero attached hydrogens (tertiary/aromatic N) is 2. The van der Waals surface area contributed by atoms with Crippen LogP contribution in [0.1, 0.15) is 27.9 Å². The van der Waals surface area contributed by atoms with E-state index in [1.165, 1.54) is 11.3 Å². The first-order valence-corrected chi connectivity index (χ1v) is 10.5. The molecule has 0 radical (unpaired) electrons. The second-order valence-electron chi connectivity index (χ2n) is 6.17. The van der Waals surface area contributed by atoms with Crippen LogP contribution in [-0.4, -0.2) is 35.9 Å². The number of carbonyl (C=O) groups is 2. The highest BCUT2D eigenvalue weighted by Gasteiger charge is 2.20. The van der Waals surface area contributed by atoms with Crippen LogP contribution in [0.25, 0.3) is 10.9 Å². The van der Waals surface area contributed by atoms with Gasteiger partial charge in [-0.3, -0.25) is 4.79 Å². The maximum absolute atomic E-state index is 12.3. The van der Waals surface area contributed by atoms with E-state index in [2.05, 4.69) is 26.5 Å². The first kappa shape index (κ1) is 21.1. The van der Waals surface area contributed by atoms with E-state index in [-0.39, 0.29) is 18.5 Å². The van der Waals surface area contributed by atoms with Gasteiger partial charge < -0.3 is 14.0 Å². The van der Waals surface area contributed by atoms with Gasteiger partial charge in [-0.15, -0.1) is 11.3 Å². The van der Waals surface area contributed by atoms with Crippen molar-refractivity contribution >= 4 is 56.3 Å². The number of aryl methyl sites for hydroxylation is 1. The lowest BCUT2D eigenvalue weighted by Gasteiger charge is -2.06. The van der Waals surface area contributed by atoms with Crippen molar-refractivity contribution in [2.24, 2.45) is 12.1 Å². The normalized spacial score (nSPS) is 11.2. The minimum Gasteiger partial charge on any atom is -0.484 e. The van der Waals surface area contributed by atoms with Gasteiger partial charge in [0.15, 0.2) is 6.61 Å². The molecule has 9 heteroatoms. The van der Waals surface area contributed by atoms with Crippen LogP contribution in [0.5, 0.6) is 5.75 Å². The summed E-state index contributed by atoms with van der Waals surface area (Å²) < 4.78 is 13.6. The van der Waals surface area contributed by atoms with Crippen molar-refractivity contribution in [3.8, 4) is 5.75 Å². The predicted octanol–water partition coefficient (Wildman–Crippen LogP) is 4.02. The van der Waals surface area contributed by atoms with Gasteiger partial charge in [-0.2, -0.15) is 5.10 Å². The third-order valence-electron chi connectivity index (χ3n) is 4.28. The molecule has 0 saturated carbocycles. The van der Waals surface area contributed by atoms with E-state index < -0.39 is 0 Å². The van der Waals surface area contributed by atoms with Gasteiger partial charge in [0.05, 0.1) is 18.4 Å². The van der Waals surface area contributed by atoms with Crippen LogP contribution < -0.4 is 10.2 Å². The number of fused-ring (bicyclic) bond motifs is 1. The molecule has 3 aromatic rings. The smallest absolute Gasteiger partial charge is 0.340 e. The standard InChI is InChI=1S/C20H20BrN3O4S/c1-4-27-20(26)19-12(2)24(3)17-6-5-14(8-16(17)19)28-10-18(25)23-22-9-15-7-13(21)11-29-15/h5-9,11H,4,10H2,1-3H3,(H,23,25)/b22-9-. The number of amides is 1. The molecule has 1 aromatic carbocycles. The Morgan fingerprint density at radius 2 is 2.14 bits per heavy atom. The second-order valence-corrected chi connectivity index (χ2v) is 8.03. The molecule has 2 heterocycles. The Kier molecular flexibility index (Phi) is 6.71. The largest absolute Gasteiger partial charge is 0.484 e. The number of hydrogen-bond donors (Lipinski definition) is 1. The summed E-state index contributed by atoms with van der Waals surface area (Å²) in [4.78, 5) is 25.2. The van der Waals surface area contributed by atoms with E-state index in [9.17, 15) is 9.59 Å². The lowest BCUT2D eigenvalue weighted by molar-refractivity contribution is -0.123. The highest BCUT2D eigenvalue weighted by molar-refractivity contribution is 9.10. The number of esters is 1. The minimum atomic E-state index is -0.383. The molecule has 3 rings (SSSR count). The number of ether oxygens (including phenoxy) is 2. The number of benzene rings is 1. The number of rotatable bonds is 7. The Labute approximate surface area is 180 Å². The van der Waals surface area contributed by atoms with Crippen molar-refractivity contribution in [1.29, 1.82) is 0 Å². The summed E-state index contributed by atoms with van der Waals surface area (Å²) in [6.45, 7) is 3.74. The summed E-state index contributed by atoms with van der Waals surface area (Å²) >= 11 is 4.86. The Morgan fingerprint density at radius 1 is 1.34 bits per heavy atom. The van der Waals surface area contributed by atoms with E-state index in [1.54, 1.807) is 25.3 Å². The lowest BCUT2D eigenvalue weighted by atomic mass is 10.1. The molecule has 29 heavy (non-hydrogen) atoms. The van der Waals surface area contributed by atoms with Crippen molar-refractivity contribution < 1.29 is 19.1 Å². The molecule has 7 nitrogen and oxygen atoms in total. The van der Waals surface area contributed by atoms with E-state index in [4.69, 9.17) is 9.47 Å². The van der Waals surface area contributed by atoms with Gasteiger partial charge in [-0.25, -0.2) is 10.2 Å². The van der Waals surface area contributed by atoms with Gasteiger partial charge in [0.2, 0.25) is 0 Å². The number of hydrazone groups is 1. The summed E-state index contributed by atoms with van der Waals surface area (Å²) in [6, 6.07) is 7.25. The van der Waals surface area contributed by atoms with Crippen molar-refractivity contribution in [3.63, 3.8) is 0 Å². The van der Waals surface area contributed by atoms with Gasteiger partial charge >= 0.3 is 5.97 Å². The number of halogens is 1. The fourth-order valence-corrected chi connectivity index (χ4v) is 4.15. The van der Waals surface area contributed by atoms with Gasteiger partial charge in [-0.05, 0) is 54.0 Å². The average Bonchev–Trinajstić information content (AvgIpc) is 3.21. The molecule has 0 aliphatic heterocycles. The van der Waals surface area contributed by atoms with Gasteiger partial charge in [0.1, 0.15) is 5.75 Å². The van der Waals surface area contributed by atoms with Crippen molar-refractivity contribution in [2.75, 3.05) is 13.2 Å². The molecule has 1 N–H and O–H groups in total. The maximum Gasteiger partial charge on any atom is 0.340 e. The topological polar surface area (TPSA) is 81.9 Å². The molecular weight excluding hydrogens is 458 g/mol. The van der Waals surface area contributed by atoms with Crippen LogP contribution in [0.4, 0.5) is 0 Å². The van der Waals surface area contributed by atoms with E-state index in [0.29, 0.717) is 17.9 Å². The molecule has 0 fully saturated rings. The first-order valence-electron chi connectivity index (χ1n) is 8.85. The van der Waals surface area contributed by atoms with Crippen LogP contribution >= 0.6 is 27.3 Å². The molecule has 0 atom stereocenters. The van der Waals surface area contributed by atoms with Crippen LogP contribution in [-0.2, 0) is 16.6 Å². The Morgan fingerprint density at radius 3 is 2.83 bits per heavy atom. The third kappa shape index (κ3) is 4.86. The number of carbonyl (C=O) groups excluding carboxylic acids is 2. The van der Waals surface area contributed by atoms with Crippen LogP contribution in [0, 0.1) is 6.92 Å². The van der Waals surface area contributed by atoms with Crippen LogP contribution in [0.15, 0.2) is 39.2 Å². The zero-order valence-electron chi connectivity index (χ0n) is 16.2.